The van der Waals surface area contributed by atoms with Gasteiger partial charge in [0, 0.05) is 19.1 Å². The molecule has 0 radical (unpaired) electrons. The molecule has 0 atom stereocenters. The standard InChI is InChI=1S/C14H18ClF3N2/c1-10-3-2-4-12(15)13(10)19-11-5-7-20(8-6-11)9-14(16,17)18/h2-4,11,19H,5-9H2,1H3. The number of halogens is 4. The van der Waals surface area contributed by atoms with Gasteiger partial charge >= 0.3 is 6.18 Å². The Kier molecular flexibility index (Phi) is 4.81. The van der Waals surface area contributed by atoms with Gasteiger partial charge in [-0.3, -0.25) is 4.90 Å². The van der Waals surface area contributed by atoms with E-state index < -0.39 is 12.7 Å². The zero-order valence-corrected chi connectivity index (χ0v) is 12.1. The Balaban J connectivity index is 1.89. The third kappa shape index (κ3) is 4.28. The number of piperidine rings is 1. The lowest BCUT2D eigenvalue weighted by Crippen LogP contribution is -2.43. The summed E-state index contributed by atoms with van der Waals surface area (Å²) in [7, 11) is 0. The molecule has 112 valence electrons. The van der Waals surface area contributed by atoms with Crippen LogP contribution in [-0.2, 0) is 0 Å². The molecule has 0 bridgehead atoms. The van der Waals surface area contributed by atoms with Gasteiger partial charge in [0.2, 0.25) is 0 Å². The average Bonchev–Trinajstić information content (AvgIpc) is 2.34. The van der Waals surface area contributed by atoms with E-state index in [1.807, 2.05) is 25.1 Å². The maximum Gasteiger partial charge on any atom is 0.401 e. The molecule has 0 unspecified atom stereocenters. The summed E-state index contributed by atoms with van der Waals surface area (Å²) in [5.74, 6) is 0. The molecule has 6 heteroatoms. The van der Waals surface area contributed by atoms with E-state index in [0.29, 0.717) is 31.0 Å². The highest BCUT2D eigenvalue weighted by Crippen LogP contribution is 2.28. The summed E-state index contributed by atoms with van der Waals surface area (Å²) < 4.78 is 36.9. The number of aryl methyl sites for hydroxylation is 1. The molecule has 1 saturated heterocycles. The van der Waals surface area contributed by atoms with Crippen LogP contribution >= 0.6 is 11.6 Å². The highest BCUT2D eigenvalue weighted by Gasteiger charge is 2.32. The van der Waals surface area contributed by atoms with E-state index in [4.69, 9.17) is 11.6 Å². The number of hydrogen-bond acceptors (Lipinski definition) is 2. The lowest BCUT2D eigenvalue weighted by molar-refractivity contribution is -0.147. The SMILES string of the molecule is Cc1cccc(Cl)c1NC1CCN(CC(F)(F)F)CC1. The Morgan fingerprint density at radius 1 is 1.30 bits per heavy atom. The first-order chi connectivity index (χ1) is 9.35. The van der Waals surface area contributed by atoms with Crippen molar-refractivity contribution in [3.63, 3.8) is 0 Å². The molecule has 2 nitrogen and oxygen atoms in total. The molecule has 0 spiro atoms. The second-order valence-corrected chi connectivity index (χ2v) is 5.65. The van der Waals surface area contributed by atoms with Gasteiger partial charge in [-0.2, -0.15) is 13.2 Å². The third-order valence-corrected chi connectivity index (χ3v) is 3.88. The first-order valence-corrected chi connectivity index (χ1v) is 7.04. The van der Waals surface area contributed by atoms with Crippen LogP contribution < -0.4 is 5.32 Å². The van der Waals surface area contributed by atoms with E-state index in [2.05, 4.69) is 5.32 Å². The third-order valence-electron chi connectivity index (χ3n) is 3.56. The van der Waals surface area contributed by atoms with Crippen LogP contribution in [0.5, 0.6) is 0 Å². The first-order valence-electron chi connectivity index (χ1n) is 6.66. The van der Waals surface area contributed by atoms with Crippen molar-refractivity contribution in [1.29, 1.82) is 0 Å². The van der Waals surface area contributed by atoms with Crippen molar-refractivity contribution < 1.29 is 13.2 Å². The molecule has 1 aromatic carbocycles. The van der Waals surface area contributed by atoms with Crippen molar-refractivity contribution in [1.82, 2.24) is 4.90 Å². The second kappa shape index (κ2) is 6.22. The Hall–Kier alpha value is -0.940. The number of hydrogen-bond donors (Lipinski definition) is 1. The van der Waals surface area contributed by atoms with Gasteiger partial charge < -0.3 is 5.32 Å². The molecule has 1 fully saturated rings. The van der Waals surface area contributed by atoms with Gasteiger partial charge in [0.1, 0.15) is 0 Å². The van der Waals surface area contributed by atoms with E-state index in [1.165, 1.54) is 4.90 Å². The zero-order valence-electron chi connectivity index (χ0n) is 11.3. The summed E-state index contributed by atoms with van der Waals surface area (Å²) in [5.41, 5.74) is 1.94. The Bertz CT molecular complexity index is 434. The average molecular weight is 307 g/mol. The number of likely N-dealkylation sites (tertiary alicyclic amines) is 1. The molecule has 0 amide bonds. The summed E-state index contributed by atoms with van der Waals surface area (Å²) >= 11 is 6.14. The van der Waals surface area contributed by atoms with Crippen LogP contribution in [0.3, 0.4) is 0 Å². The minimum Gasteiger partial charge on any atom is -0.381 e. The van der Waals surface area contributed by atoms with Crippen molar-refractivity contribution in [2.45, 2.75) is 32.0 Å². The van der Waals surface area contributed by atoms with Crippen molar-refractivity contribution >= 4 is 17.3 Å². The van der Waals surface area contributed by atoms with E-state index in [1.54, 1.807) is 0 Å². The lowest BCUT2D eigenvalue weighted by Gasteiger charge is -2.33. The molecule has 0 saturated carbocycles. The highest BCUT2D eigenvalue weighted by molar-refractivity contribution is 6.33. The van der Waals surface area contributed by atoms with Gasteiger partial charge in [0.05, 0.1) is 17.3 Å². The lowest BCUT2D eigenvalue weighted by atomic mass is 10.0. The highest BCUT2D eigenvalue weighted by atomic mass is 35.5. The fourth-order valence-corrected chi connectivity index (χ4v) is 2.78. The second-order valence-electron chi connectivity index (χ2n) is 5.24. The van der Waals surface area contributed by atoms with E-state index >= 15 is 0 Å². The van der Waals surface area contributed by atoms with Gasteiger partial charge in [-0.15, -0.1) is 0 Å². The molecule has 1 heterocycles. The van der Waals surface area contributed by atoms with Gasteiger partial charge in [-0.25, -0.2) is 0 Å². The van der Waals surface area contributed by atoms with Crippen LogP contribution in [0.25, 0.3) is 0 Å². The fourth-order valence-electron chi connectivity index (χ4n) is 2.51. The van der Waals surface area contributed by atoms with Crippen molar-refractivity contribution in [2.24, 2.45) is 0 Å². The number of anilines is 1. The van der Waals surface area contributed by atoms with Crippen LogP contribution in [0.4, 0.5) is 18.9 Å². The predicted molar refractivity (Wildman–Crippen MR) is 75.3 cm³/mol. The van der Waals surface area contributed by atoms with E-state index in [0.717, 1.165) is 11.3 Å². The minimum absolute atomic E-state index is 0.179. The topological polar surface area (TPSA) is 15.3 Å². The molecule has 1 aromatic rings. The summed E-state index contributed by atoms with van der Waals surface area (Å²) in [6, 6.07) is 5.84. The summed E-state index contributed by atoms with van der Waals surface area (Å²) in [6.07, 6.45) is -2.72. The van der Waals surface area contributed by atoms with Crippen LogP contribution in [-0.4, -0.2) is 36.8 Å². The number of benzene rings is 1. The first kappa shape index (κ1) is 15.4. The molecule has 0 aromatic heterocycles. The molecule has 0 aliphatic carbocycles. The molecular weight excluding hydrogens is 289 g/mol. The smallest absolute Gasteiger partial charge is 0.381 e. The van der Waals surface area contributed by atoms with Gasteiger partial charge in [-0.05, 0) is 31.4 Å². The Labute approximate surface area is 121 Å². The molecule has 1 N–H and O–H groups in total. The Morgan fingerprint density at radius 2 is 1.95 bits per heavy atom. The van der Waals surface area contributed by atoms with E-state index in [-0.39, 0.29) is 6.04 Å². The normalized spacial score (nSPS) is 18.2. The molecular formula is C14H18ClF3N2. The summed E-state index contributed by atoms with van der Waals surface area (Å²) in [4.78, 5) is 1.46. The van der Waals surface area contributed by atoms with Gasteiger partial charge in [0.15, 0.2) is 0 Å². The summed E-state index contributed by atoms with van der Waals surface area (Å²) in [6.45, 7) is 2.07. The van der Waals surface area contributed by atoms with Crippen LogP contribution in [0.1, 0.15) is 18.4 Å². The van der Waals surface area contributed by atoms with Crippen LogP contribution in [0.15, 0.2) is 18.2 Å². The predicted octanol–water partition coefficient (Wildman–Crippen LogP) is 4.09. The number of nitrogens with one attached hydrogen (secondary N) is 1. The number of alkyl halides is 3. The molecule has 2 rings (SSSR count). The van der Waals surface area contributed by atoms with E-state index in [9.17, 15) is 13.2 Å². The van der Waals surface area contributed by atoms with Gasteiger partial charge in [-0.1, -0.05) is 23.7 Å². The van der Waals surface area contributed by atoms with Crippen molar-refractivity contribution in [2.75, 3.05) is 25.0 Å². The number of nitrogens with zero attached hydrogens (tertiary/aromatic N) is 1. The van der Waals surface area contributed by atoms with Crippen molar-refractivity contribution in [3.8, 4) is 0 Å². The molecule has 20 heavy (non-hydrogen) atoms. The summed E-state index contributed by atoms with van der Waals surface area (Å²) in [5, 5.41) is 4.02. The Morgan fingerprint density at radius 3 is 2.50 bits per heavy atom. The quantitative estimate of drug-likeness (QED) is 0.905. The molecule has 1 aliphatic heterocycles. The zero-order chi connectivity index (χ0) is 14.8. The van der Waals surface area contributed by atoms with Gasteiger partial charge in [0.25, 0.3) is 0 Å². The monoisotopic (exact) mass is 306 g/mol. The van der Waals surface area contributed by atoms with Crippen molar-refractivity contribution in [3.05, 3.63) is 28.8 Å². The molecule has 1 aliphatic rings. The minimum atomic E-state index is -4.11. The number of rotatable bonds is 3. The number of para-hydroxylation sites is 1. The maximum absolute atomic E-state index is 12.3. The van der Waals surface area contributed by atoms with Crippen LogP contribution in [0, 0.1) is 6.92 Å². The maximum atomic E-state index is 12.3. The van der Waals surface area contributed by atoms with Crippen LogP contribution in [0.2, 0.25) is 5.02 Å². The largest absolute Gasteiger partial charge is 0.401 e. The fraction of sp³-hybridized carbons (Fsp3) is 0.571.